The highest BCUT2D eigenvalue weighted by Crippen LogP contribution is 2.24. The monoisotopic (exact) mass is 403 g/mol. The summed E-state index contributed by atoms with van der Waals surface area (Å²) in [6, 6.07) is 15.3. The van der Waals surface area contributed by atoms with Crippen LogP contribution in [0.2, 0.25) is 0 Å². The first-order valence-corrected chi connectivity index (χ1v) is 10.6. The van der Waals surface area contributed by atoms with Crippen LogP contribution < -0.4 is 10.1 Å². The third kappa shape index (κ3) is 4.35. The third-order valence-corrected chi connectivity index (χ3v) is 6.86. The van der Waals surface area contributed by atoms with Crippen molar-refractivity contribution in [1.82, 2.24) is 9.21 Å². The first kappa shape index (κ1) is 20.3. The number of amides is 1. The lowest BCUT2D eigenvalue weighted by molar-refractivity contribution is -0.121. The van der Waals surface area contributed by atoms with E-state index in [9.17, 15) is 13.2 Å². The number of carbonyl (C=O) groups excluding carboxylic acids is 1. The number of benzene rings is 2. The molecule has 1 heterocycles. The van der Waals surface area contributed by atoms with E-state index in [2.05, 4.69) is 5.32 Å². The molecule has 150 valence electrons. The first-order valence-electron chi connectivity index (χ1n) is 9.16. The molecular formula is C20H25N3O4S. The fourth-order valence-corrected chi connectivity index (χ4v) is 4.67. The molecule has 1 fully saturated rings. The topological polar surface area (TPSA) is 79.0 Å². The average molecular weight is 404 g/mol. The van der Waals surface area contributed by atoms with Gasteiger partial charge in [-0.25, -0.2) is 8.42 Å². The number of ether oxygens (including phenoxy) is 1. The summed E-state index contributed by atoms with van der Waals surface area (Å²) in [6.07, 6.45) is 0. The van der Waals surface area contributed by atoms with E-state index in [1.54, 1.807) is 49.6 Å². The van der Waals surface area contributed by atoms with Gasteiger partial charge in [0.2, 0.25) is 15.9 Å². The lowest BCUT2D eigenvalue weighted by Gasteiger charge is -2.36. The zero-order valence-electron chi connectivity index (χ0n) is 16.0. The molecule has 0 unspecified atom stereocenters. The number of sulfonamides is 1. The minimum Gasteiger partial charge on any atom is -0.495 e. The predicted octanol–water partition coefficient (Wildman–Crippen LogP) is 2.03. The molecule has 0 aromatic heterocycles. The molecule has 1 aliphatic heterocycles. The Bertz CT molecular complexity index is 910. The van der Waals surface area contributed by atoms with E-state index in [4.69, 9.17) is 4.74 Å². The average Bonchev–Trinajstić information content (AvgIpc) is 2.74. The van der Waals surface area contributed by atoms with Gasteiger partial charge in [-0.1, -0.05) is 30.3 Å². The molecule has 0 aliphatic carbocycles. The zero-order chi connectivity index (χ0) is 20.1. The van der Waals surface area contributed by atoms with Crippen molar-refractivity contribution in [2.45, 2.75) is 17.9 Å². The van der Waals surface area contributed by atoms with E-state index in [0.29, 0.717) is 42.5 Å². The molecule has 2 aromatic rings. The van der Waals surface area contributed by atoms with Crippen molar-refractivity contribution in [3.8, 4) is 5.75 Å². The van der Waals surface area contributed by atoms with Crippen LogP contribution in [0.4, 0.5) is 5.69 Å². The number of para-hydroxylation sites is 2. The first-order chi connectivity index (χ1) is 13.4. The number of hydrogen-bond donors (Lipinski definition) is 1. The summed E-state index contributed by atoms with van der Waals surface area (Å²) >= 11 is 0. The van der Waals surface area contributed by atoms with E-state index in [0.717, 1.165) is 0 Å². The van der Waals surface area contributed by atoms with Crippen molar-refractivity contribution in [2.24, 2.45) is 0 Å². The summed E-state index contributed by atoms with van der Waals surface area (Å²) < 4.78 is 32.2. The number of rotatable bonds is 6. The van der Waals surface area contributed by atoms with E-state index >= 15 is 0 Å². The minimum atomic E-state index is -3.50. The number of nitrogens with zero attached hydrogens (tertiary/aromatic N) is 2. The Kier molecular flexibility index (Phi) is 6.33. The van der Waals surface area contributed by atoms with Crippen LogP contribution in [0.5, 0.6) is 5.75 Å². The van der Waals surface area contributed by atoms with Gasteiger partial charge in [-0.2, -0.15) is 4.31 Å². The Morgan fingerprint density at radius 3 is 2.25 bits per heavy atom. The summed E-state index contributed by atoms with van der Waals surface area (Å²) in [5, 5.41) is 2.89. The summed E-state index contributed by atoms with van der Waals surface area (Å²) in [4.78, 5) is 14.9. The van der Waals surface area contributed by atoms with E-state index < -0.39 is 10.0 Å². The van der Waals surface area contributed by atoms with Crippen molar-refractivity contribution in [2.75, 3.05) is 38.6 Å². The highest BCUT2D eigenvalue weighted by atomic mass is 32.2. The number of hydrogen-bond acceptors (Lipinski definition) is 5. The van der Waals surface area contributed by atoms with Crippen molar-refractivity contribution in [3.63, 3.8) is 0 Å². The van der Waals surface area contributed by atoms with Crippen LogP contribution in [0.3, 0.4) is 0 Å². The van der Waals surface area contributed by atoms with Gasteiger partial charge in [0.1, 0.15) is 5.75 Å². The van der Waals surface area contributed by atoms with Crippen molar-refractivity contribution in [1.29, 1.82) is 0 Å². The minimum absolute atomic E-state index is 0.149. The van der Waals surface area contributed by atoms with Gasteiger partial charge in [0.15, 0.2) is 0 Å². The van der Waals surface area contributed by atoms with Gasteiger partial charge in [-0.3, -0.25) is 9.69 Å². The van der Waals surface area contributed by atoms with Gasteiger partial charge < -0.3 is 10.1 Å². The molecule has 3 rings (SSSR count). The maximum absolute atomic E-state index is 12.7. The molecule has 0 saturated carbocycles. The molecular weight excluding hydrogens is 378 g/mol. The van der Waals surface area contributed by atoms with Crippen LogP contribution in [-0.4, -0.2) is 62.9 Å². The summed E-state index contributed by atoms with van der Waals surface area (Å²) in [6.45, 7) is 3.51. The largest absolute Gasteiger partial charge is 0.495 e. The zero-order valence-corrected chi connectivity index (χ0v) is 16.9. The Morgan fingerprint density at radius 2 is 1.61 bits per heavy atom. The third-order valence-electron chi connectivity index (χ3n) is 4.95. The molecule has 28 heavy (non-hydrogen) atoms. The Balaban J connectivity index is 1.60. The molecule has 0 radical (unpaired) electrons. The lowest BCUT2D eigenvalue weighted by Crippen LogP contribution is -2.53. The van der Waals surface area contributed by atoms with E-state index in [1.165, 1.54) is 4.31 Å². The molecule has 1 N–H and O–H groups in total. The SMILES string of the molecule is COc1ccccc1NC(=O)[C@@H](C)N1CCN(S(=O)(=O)c2ccccc2)CC1. The molecule has 1 amide bonds. The molecule has 0 bridgehead atoms. The predicted molar refractivity (Wildman–Crippen MR) is 108 cm³/mol. The molecule has 1 saturated heterocycles. The smallest absolute Gasteiger partial charge is 0.243 e. The second-order valence-corrected chi connectivity index (χ2v) is 8.56. The van der Waals surface area contributed by atoms with Crippen LogP contribution >= 0.6 is 0 Å². The normalized spacial score (nSPS) is 17.1. The van der Waals surface area contributed by atoms with Gasteiger partial charge in [0.25, 0.3) is 0 Å². The molecule has 8 heteroatoms. The fraction of sp³-hybridized carbons (Fsp3) is 0.350. The standard InChI is InChI=1S/C20H25N3O4S/c1-16(20(24)21-18-10-6-7-11-19(18)27-2)22-12-14-23(15-13-22)28(25,26)17-8-4-3-5-9-17/h3-11,16H,12-15H2,1-2H3,(H,21,24)/t16-/m1/s1. The molecule has 1 aliphatic rings. The fourth-order valence-electron chi connectivity index (χ4n) is 3.22. The number of carbonyl (C=O) groups is 1. The second kappa shape index (κ2) is 8.72. The van der Waals surface area contributed by atoms with Crippen LogP contribution in [0.1, 0.15) is 6.92 Å². The number of anilines is 1. The number of methoxy groups -OCH3 is 1. The van der Waals surface area contributed by atoms with Gasteiger partial charge >= 0.3 is 0 Å². The van der Waals surface area contributed by atoms with Gasteiger partial charge in [0, 0.05) is 26.2 Å². The quantitative estimate of drug-likeness (QED) is 0.798. The summed E-state index contributed by atoms with van der Waals surface area (Å²) in [5.41, 5.74) is 0.618. The second-order valence-electron chi connectivity index (χ2n) is 6.62. The van der Waals surface area contributed by atoms with Crippen molar-refractivity contribution in [3.05, 3.63) is 54.6 Å². The molecule has 0 spiro atoms. The maximum Gasteiger partial charge on any atom is 0.243 e. The lowest BCUT2D eigenvalue weighted by atomic mass is 10.2. The maximum atomic E-state index is 12.7. The summed E-state index contributed by atoms with van der Waals surface area (Å²) in [7, 11) is -1.94. The Morgan fingerprint density at radius 1 is 1.00 bits per heavy atom. The van der Waals surface area contributed by atoms with Crippen LogP contribution in [0, 0.1) is 0 Å². The van der Waals surface area contributed by atoms with Crippen LogP contribution in [0.25, 0.3) is 0 Å². The molecule has 2 aromatic carbocycles. The van der Waals surface area contributed by atoms with Gasteiger partial charge in [-0.15, -0.1) is 0 Å². The van der Waals surface area contributed by atoms with E-state index in [-0.39, 0.29) is 11.9 Å². The molecule has 7 nitrogen and oxygen atoms in total. The van der Waals surface area contributed by atoms with Crippen LogP contribution in [-0.2, 0) is 14.8 Å². The highest BCUT2D eigenvalue weighted by Gasteiger charge is 2.31. The van der Waals surface area contributed by atoms with E-state index in [1.807, 2.05) is 24.0 Å². The van der Waals surface area contributed by atoms with Crippen LogP contribution in [0.15, 0.2) is 59.5 Å². The van der Waals surface area contributed by atoms with Crippen molar-refractivity contribution < 1.29 is 17.9 Å². The number of piperazine rings is 1. The highest BCUT2D eigenvalue weighted by molar-refractivity contribution is 7.89. The molecule has 1 atom stereocenters. The Hall–Kier alpha value is -2.42. The van der Waals surface area contributed by atoms with Gasteiger partial charge in [-0.05, 0) is 31.2 Å². The van der Waals surface area contributed by atoms with Crippen molar-refractivity contribution >= 4 is 21.6 Å². The Labute approximate surface area is 166 Å². The van der Waals surface area contributed by atoms with Gasteiger partial charge in [0.05, 0.1) is 23.7 Å². The number of nitrogens with one attached hydrogen (secondary N) is 1. The summed E-state index contributed by atoms with van der Waals surface area (Å²) in [5.74, 6) is 0.450.